The summed E-state index contributed by atoms with van der Waals surface area (Å²) in [7, 11) is 0. The molecule has 2 rings (SSSR count). The summed E-state index contributed by atoms with van der Waals surface area (Å²) in [5, 5.41) is 9.12. The largest absolute Gasteiger partial charge is 0.311 e. The van der Waals surface area contributed by atoms with Gasteiger partial charge >= 0.3 is 0 Å². The van der Waals surface area contributed by atoms with Crippen molar-refractivity contribution in [1.82, 2.24) is 10.6 Å². The van der Waals surface area contributed by atoms with E-state index in [1.165, 1.54) is 4.88 Å². The van der Waals surface area contributed by atoms with E-state index >= 15 is 0 Å². The van der Waals surface area contributed by atoms with E-state index < -0.39 is 0 Å². The summed E-state index contributed by atoms with van der Waals surface area (Å²) in [5.41, 5.74) is 0. The average molecular weight is 182 g/mol. The van der Waals surface area contributed by atoms with Gasteiger partial charge in [0.1, 0.15) is 0 Å². The fraction of sp³-hybridized carbons (Fsp3) is 0.556. The lowest BCUT2D eigenvalue weighted by Gasteiger charge is -2.28. The summed E-state index contributed by atoms with van der Waals surface area (Å²) < 4.78 is 0. The Morgan fingerprint density at radius 2 is 2.33 bits per heavy atom. The summed E-state index contributed by atoms with van der Waals surface area (Å²) in [6, 6.07) is 5.45. The molecular formula is C9H14N2S. The van der Waals surface area contributed by atoms with Crippen molar-refractivity contribution in [2.75, 3.05) is 13.1 Å². The van der Waals surface area contributed by atoms with Gasteiger partial charge in [0.15, 0.2) is 0 Å². The molecular weight excluding hydrogens is 168 g/mol. The van der Waals surface area contributed by atoms with Crippen molar-refractivity contribution < 1.29 is 0 Å². The predicted molar refractivity (Wildman–Crippen MR) is 52.5 cm³/mol. The highest BCUT2D eigenvalue weighted by Gasteiger charge is 2.18. The van der Waals surface area contributed by atoms with E-state index in [1.54, 1.807) is 0 Å². The van der Waals surface area contributed by atoms with Crippen LogP contribution in [0.3, 0.4) is 0 Å². The molecule has 1 aromatic heterocycles. The number of thiophene rings is 1. The first-order valence-electron chi connectivity index (χ1n) is 4.36. The zero-order valence-corrected chi connectivity index (χ0v) is 8.03. The van der Waals surface area contributed by atoms with Gasteiger partial charge in [-0.2, -0.15) is 0 Å². The summed E-state index contributed by atoms with van der Waals surface area (Å²) in [6.45, 7) is 4.34. The summed E-state index contributed by atoms with van der Waals surface area (Å²) in [5.74, 6) is 0. The van der Waals surface area contributed by atoms with Crippen molar-refractivity contribution >= 4 is 11.3 Å². The highest BCUT2D eigenvalue weighted by atomic mass is 32.1. The zero-order valence-electron chi connectivity index (χ0n) is 7.21. The molecule has 0 aliphatic carbocycles. The van der Waals surface area contributed by atoms with Crippen LogP contribution in [-0.2, 0) is 0 Å². The van der Waals surface area contributed by atoms with E-state index in [0.717, 1.165) is 13.1 Å². The molecule has 66 valence electrons. The lowest BCUT2D eigenvalue weighted by atomic mass is 10.1. The second kappa shape index (κ2) is 3.56. The maximum atomic E-state index is 3.52. The molecule has 2 N–H and O–H groups in total. The minimum Gasteiger partial charge on any atom is -0.311 e. The van der Waals surface area contributed by atoms with Gasteiger partial charge < -0.3 is 10.6 Å². The van der Waals surface area contributed by atoms with Gasteiger partial charge in [0, 0.05) is 24.0 Å². The molecule has 1 fully saturated rings. The van der Waals surface area contributed by atoms with Crippen LogP contribution in [0.1, 0.15) is 17.8 Å². The SMILES string of the molecule is CC1CNC(c2cccs2)CN1. The lowest BCUT2D eigenvalue weighted by molar-refractivity contribution is 0.370. The second-order valence-corrected chi connectivity index (χ2v) is 4.26. The highest BCUT2D eigenvalue weighted by molar-refractivity contribution is 7.10. The Balaban J connectivity index is 1.99. The van der Waals surface area contributed by atoms with Crippen molar-refractivity contribution in [2.45, 2.75) is 19.0 Å². The van der Waals surface area contributed by atoms with Gasteiger partial charge in [0.05, 0.1) is 6.04 Å². The third kappa shape index (κ3) is 1.68. The molecule has 0 bridgehead atoms. The summed E-state index contributed by atoms with van der Waals surface area (Å²) >= 11 is 1.83. The quantitative estimate of drug-likeness (QED) is 0.685. The minimum atomic E-state index is 0.529. The average Bonchev–Trinajstić information content (AvgIpc) is 2.58. The minimum absolute atomic E-state index is 0.529. The Kier molecular flexibility index (Phi) is 2.44. The standard InChI is InChI=1S/C9H14N2S/c1-7-5-11-8(6-10-7)9-3-2-4-12-9/h2-4,7-8,10-11H,5-6H2,1H3. The third-order valence-corrected chi connectivity index (χ3v) is 3.21. The highest BCUT2D eigenvalue weighted by Crippen LogP contribution is 2.19. The zero-order chi connectivity index (χ0) is 8.39. The van der Waals surface area contributed by atoms with Gasteiger partial charge in [-0.3, -0.25) is 0 Å². The maximum absolute atomic E-state index is 3.52. The molecule has 0 aromatic carbocycles. The van der Waals surface area contributed by atoms with Gasteiger partial charge in [-0.1, -0.05) is 6.07 Å². The molecule has 1 aliphatic rings. The van der Waals surface area contributed by atoms with E-state index in [-0.39, 0.29) is 0 Å². The van der Waals surface area contributed by atoms with Crippen molar-refractivity contribution in [1.29, 1.82) is 0 Å². The van der Waals surface area contributed by atoms with Crippen LogP contribution in [0.25, 0.3) is 0 Å². The first-order valence-corrected chi connectivity index (χ1v) is 5.24. The van der Waals surface area contributed by atoms with E-state index in [9.17, 15) is 0 Å². The first-order chi connectivity index (χ1) is 5.86. The second-order valence-electron chi connectivity index (χ2n) is 3.29. The molecule has 3 heteroatoms. The topological polar surface area (TPSA) is 24.1 Å². The Hall–Kier alpha value is -0.380. The van der Waals surface area contributed by atoms with Crippen molar-refractivity contribution in [3.05, 3.63) is 22.4 Å². The van der Waals surface area contributed by atoms with Gasteiger partial charge in [0.2, 0.25) is 0 Å². The molecule has 0 spiro atoms. The molecule has 1 aliphatic heterocycles. The lowest BCUT2D eigenvalue weighted by Crippen LogP contribution is -2.48. The van der Waals surface area contributed by atoms with Crippen molar-refractivity contribution in [3.8, 4) is 0 Å². The van der Waals surface area contributed by atoms with Crippen molar-refractivity contribution in [2.24, 2.45) is 0 Å². The summed E-state index contributed by atoms with van der Waals surface area (Å²) in [6.07, 6.45) is 0. The maximum Gasteiger partial charge on any atom is 0.0542 e. The van der Waals surface area contributed by atoms with Crippen molar-refractivity contribution in [3.63, 3.8) is 0 Å². The molecule has 0 saturated carbocycles. The third-order valence-electron chi connectivity index (χ3n) is 2.23. The molecule has 2 nitrogen and oxygen atoms in total. The summed E-state index contributed by atoms with van der Waals surface area (Å²) in [4.78, 5) is 1.44. The molecule has 0 amide bonds. The van der Waals surface area contributed by atoms with Gasteiger partial charge in [-0.15, -0.1) is 11.3 Å². The van der Waals surface area contributed by atoms with Crippen LogP contribution >= 0.6 is 11.3 Å². The van der Waals surface area contributed by atoms with Crippen LogP contribution < -0.4 is 10.6 Å². The molecule has 2 unspecified atom stereocenters. The monoisotopic (exact) mass is 182 g/mol. The van der Waals surface area contributed by atoms with Gasteiger partial charge in [-0.05, 0) is 18.4 Å². The first kappa shape index (κ1) is 8.23. The Bertz CT molecular complexity index is 225. The molecule has 12 heavy (non-hydrogen) atoms. The Morgan fingerprint density at radius 3 is 2.92 bits per heavy atom. The number of hydrogen-bond donors (Lipinski definition) is 2. The number of nitrogens with one attached hydrogen (secondary N) is 2. The molecule has 1 saturated heterocycles. The fourth-order valence-corrected chi connectivity index (χ4v) is 2.28. The molecule has 2 atom stereocenters. The number of rotatable bonds is 1. The number of hydrogen-bond acceptors (Lipinski definition) is 3. The number of piperazine rings is 1. The van der Waals surface area contributed by atoms with E-state index in [1.807, 2.05) is 11.3 Å². The Labute approximate surface area is 77.0 Å². The van der Waals surface area contributed by atoms with Crippen LogP contribution in [0.15, 0.2) is 17.5 Å². The smallest absolute Gasteiger partial charge is 0.0542 e. The van der Waals surface area contributed by atoms with E-state index in [0.29, 0.717) is 12.1 Å². The van der Waals surface area contributed by atoms with Crippen LogP contribution in [0.5, 0.6) is 0 Å². The predicted octanol–water partition coefficient (Wildman–Crippen LogP) is 1.37. The molecule has 1 aromatic rings. The van der Waals surface area contributed by atoms with E-state index in [4.69, 9.17) is 0 Å². The Morgan fingerprint density at radius 1 is 1.42 bits per heavy atom. The molecule has 0 radical (unpaired) electrons. The molecule has 2 heterocycles. The normalized spacial score (nSPS) is 30.4. The van der Waals surface area contributed by atoms with Crippen LogP contribution in [0.4, 0.5) is 0 Å². The van der Waals surface area contributed by atoms with Gasteiger partial charge in [-0.25, -0.2) is 0 Å². The van der Waals surface area contributed by atoms with Gasteiger partial charge in [0.25, 0.3) is 0 Å². The van der Waals surface area contributed by atoms with E-state index in [2.05, 4.69) is 35.1 Å². The van der Waals surface area contributed by atoms with Crippen LogP contribution in [0, 0.1) is 0 Å². The van der Waals surface area contributed by atoms with Crippen LogP contribution in [0.2, 0.25) is 0 Å². The van der Waals surface area contributed by atoms with Crippen LogP contribution in [-0.4, -0.2) is 19.1 Å². The fourth-order valence-electron chi connectivity index (χ4n) is 1.47.